The third-order valence-corrected chi connectivity index (χ3v) is 2.64. The van der Waals surface area contributed by atoms with Crippen molar-refractivity contribution in [2.45, 2.75) is 25.1 Å². The Morgan fingerprint density at radius 1 is 1.41 bits per heavy atom. The highest BCUT2D eigenvalue weighted by Gasteiger charge is 2.29. The van der Waals surface area contributed by atoms with Gasteiger partial charge in [-0.3, -0.25) is 0 Å². The minimum atomic E-state index is -4.24. The molecule has 0 radical (unpaired) electrons. The van der Waals surface area contributed by atoms with E-state index in [1.54, 1.807) is 0 Å². The Morgan fingerprint density at radius 3 is 2.76 bits per heavy atom. The molecule has 0 bridgehead atoms. The number of anilines is 1. The van der Waals surface area contributed by atoms with Crippen LogP contribution in [0.5, 0.6) is 0 Å². The summed E-state index contributed by atoms with van der Waals surface area (Å²) in [5, 5.41) is 0. The van der Waals surface area contributed by atoms with E-state index in [1.165, 1.54) is 12.4 Å². The molecule has 0 saturated carbocycles. The number of hydrogen-bond acceptors (Lipinski definition) is 4. The standard InChI is InChI=1S/C10H13F3N4/c11-10(12,13)4-8-3-9(16-6-15-8)17-2-1-7(14)5-17/h3,6-7H,1-2,4-5,14H2. The average molecular weight is 246 g/mol. The van der Waals surface area contributed by atoms with E-state index in [1.807, 2.05) is 4.90 Å². The fourth-order valence-electron chi connectivity index (χ4n) is 1.86. The minimum absolute atomic E-state index is 0.0111. The first kappa shape index (κ1) is 12.1. The first-order valence-corrected chi connectivity index (χ1v) is 5.32. The van der Waals surface area contributed by atoms with Crippen molar-refractivity contribution in [2.75, 3.05) is 18.0 Å². The molecule has 7 heteroatoms. The van der Waals surface area contributed by atoms with Gasteiger partial charge in [0, 0.05) is 25.2 Å². The molecule has 1 aromatic rings. The van der Waals surface area contributed by atoms with E-state index in [4.69, 9.17) is 5.73 Å². The number of aromatic nitrogens is 2. The average Bonchev–Trinajstić information content (AvgIpc) is 2.63. The summed E-state index contributed by atoms with van der Waals surface area (Å²) in [6.45, 7) is 1.35. The first-order chi connectivity index (χ1) is 7.94. The smallest absolute Gasteiger partial charge is 0.355 e. The summed E-state index contributed by atoms with van der Waals surface area (Å²) < 4.78 is 36.7. The van der Waals surface area contributed by atoms with Gasteiger partial charge in [-0.05, 0) is 6.42 Å². The Bertz CT molecular complexity index is 393. The van der Waals surface area contributed by atoms with Gasteiger partial charge in [-0.2, -0.15) is 13.2 Å². The van der Waals surface area contributed by atoms with E-state index >= 15 is 0 Å². The third kappa shape index (κ3) is 3.29. The van der Waals surface area contributed by atoms with Crippen molar-refractivity contribution in [3.8, 4) is 0 Å². The zero-order valence-electron chi connectivity index (χ0n) is 9.11. The monoisotopic (exact) mass is 246 g/mol. The van der Waals surface area contributed by atoms with Gasteiger partial charge in [0.2, 0.25) is 0 Å². The lowest BCUT2D eigenvalue weighted by Gasteiger charge is -2.17. The van der Waals surface area contributed by atoms with Crippen molar-refractivity contribution in [1.82, 2.24) is 9.97 Å². The lowest BCUT2D eigenvalue weighted by atomic mass is 10.3. The highest BCUT2D eigenvalue weighted by Crippen LogP contribution is 2.23. The molecule has 1 unspecified atom stereocenters. The third-order valence-electron chi connectivity index (χ3n) is 2.64. The summed E-state index contributed by atoms with van der Waals surface area (Å²) in [5.41, 5.74) is 5.73. The van der Waals surface area contributed by atoms with Crippen LogP contribution in [0.3, 0.4) is 0 Å². The summed E-state index contributed by atoms with van der Waals surface area (Å²) in [6, 6.07) is 1.45. The molecule has 2 heterocycles. The van der Waals surface area contributed by atoms with Gasteiger partial charge in [0.1, 0.15) is 12.1 Å². The number of hydrogen-bond donors (Lipinski definition) is 1. The van der Waals surface area contributed by atoms with Gasteiger partial charge in [-0.25, -0.2) is 9.97 Å². The van der Waals surface area contributed by atoms with Gasteiger partial charge in [0.05, 0.1) is 12.1 Å². The Balaban J connectivity index is 2.11. The summed E-state index contributed by atoms with van der Waals surface area (Å²) in [6.07, 6.45) is -3.27. The van der Waals surface area contributed by atoms with Gasteiger partial charge in [0.15, 0.2) is 0 Å². The van der Waals surface area contributed by atoms with E-state index in [0.717, 1.165) is 13.0 Å². The molecule has 0 spiro atoms. The fourth-order valence-corrected chi connectivity index (χ4v) is 1.86. The minimum Gasteiger partial charge on any atom is -0.355 e. The van der Waals surface area contributed by atoms with Gasteiger partial charge >= 0.3 is 6.18 Å². The fraction of sp³-hybridized carbons (Fsp3) is 0.600. The highest BCUT2D eigenvalue weighted by atomic mass is 19.4. The molecule has 1 saturated heterocycles. The van der Waals surface area contributed by atoms with Crippen LogP contribution < -0.4 is 10.6 Å². The molecular weight excluding hydrogens is 233 g/mol. The Labute approximate surface area is 96.7 Å². The summed E-state index contributed by atoms with van der Waals surface area (Å²) in [5.74, 6) is 0.521. The molecule has 0 aromatic carbocycles. The predicted molar refractivity (Wildman–Crippen MR) is 56.6 cm³/mol. The molecule has 4 nitrogen and oxygen atoms in total. The van der Waals surface area contributed by atoms with Crippen LogP contribution in [0, 0.1) is 0 Å². The second-order valence-corrected chi connectivity index (χ2v) is 4.15. The molecule has 2 N–H and O–H groups in total. The Kier molecular flexibility index (Phi) is 3.19. The quantitative estimate of drug-likeness (QED) is 0.849. The number of halogens is 3. The van der Waals surface area contributed by atoms with Crippen molar-refractivity contribution >= 4 is 5.82 Å². The van der Waals surface area contributed by atoms with E-state index in [9.17, 15) is 13.2 Å². The maximum atomic E-state index is 12.2. The van der Waals surface area contributed by atoms with Crippen LogP contribution in [-0.4, -0.2) is 35.3 Å². The highest BCUT2D eigenvalue weighted by molar-refractivity contribution is 5.40. The van der Waals surface area contributed by atoms with Crippen LogP contribution in [0.1, 0.15) is 12.1 Å². The van der Waals surface area contributed by atoms with E-state index < -0.39 is 12.6 Å². The largest absolute Gasteiger partial charge is 0.394 e. The molecule has 0 aliphatic carbocycles. The lowest BCUT2D eigenvalue weighted by Crippen LogP contribution is -2.27. The SMILES string of the molecule is NC1CCN(c2cc(CC(F)(F)F)ncn2)C1. The van der Waals surface area contributed by atoms with Crippen molar-refractivity contribution < 1.29 is 13.2 Å². The van der Waals surface area contributed by atoms with Crippen molar-refractivity contribution in [2.24, 2.45) is 5.73 Å². The van der Waals surface area contributed by atoms with E-state index in [0.29, 0.717) is 12.4 Å². The predicted octanol–water partition coefficient (Wildman–Crippen LogP) is 1.12. The Hall–Kier alpha value is -1.37. The molecule has 2 rings (SSSR count). The van der Waals surface area contributed by atoms with Gasteiger partial charge < -0.3 is 10.6 Å². The van der Waals surface area contributed by atoms with Gasteiger partial charge in [-0.1, -0.05) is 0 Å². The molecule has 17 heavy (non-hydrogen) atoms. The molecular formula is C10H13F3N4. The molecule has 1 aliphatic rings. The maximum absolute atomic E-state index is 12.2. The van der Waals surface area contributed by atoms with Crippen LogP contribution in [0.25, 0.3) is 0 Å². The van der Waals surface area contributed by atoms with Crippen molar-refractivity contribution in [1.29, 1.82) is 0 Å². The normalized spacial score (nSPS) is 20.9. The second kappa shape index (κ2) is 4.48. The van der Waals surface area contributed by atoms with Crippen molar-refractivity contribution in [3.63, 3.8) is 0 Å². The lowest BCUT2D eigenvalue weighted by molar-refractivity contribution is -0.127. The van der Waals surface area contributed by atoms with Crippen LogP contribution >= 0.6 is 0 Å². The topological polar surface area (TPSA) is 55.0 Å². The summed E-state index contributed by atoms with van der Waals surface area (Å²) in [7, 11) is 0. The molecule has 1 aromatic heterocycles. The van der Waals surface area contributed by atoms with E-state index in [2.05, 4.69) is 9.97 Å². The van der Waals surface area contributed by atoms with Crippen LogP contribution in [0.2, 0.25) is 0 Å². The molecule has 1 fully saturated rings. The molecule has 0 amide bonds. The zero-order valence-corrected chi connectivity index (χ0v) is 9.11. The van der Waals surface area contributed by atoms with Crippen LogP contribution in [0.15, 0.2) is 12.4 Å². The molecule has 94 valence electrons. The zero-order chi connectivity index (χ0) is 12.5. The summed E-state index contributed by atoms with van der Waals surface area (Å²) >= 11 is 0. The van der Waals surface area contributed by atoms with E-state index in [-0.39, 0.29) is 11.7 Å². The molecule has 1 aliphatic heterocycles. The van der Waals surface area contributed by atoms with Gasteiger partial charge in [-0.15, -0.1) is 0 Å². The number of rotatable bonds is 2. The maximum Gasteiger partial charge on any atom is 0.394 e. The number of nitrogens with two attached hydrogens (primary N) is 1. The Morgan fingerprint density at radius 2 is 2.18 bits per heavy atom. The molecule has 1 atom stereocenters. The van der Waals surface area contributed by atoms with Crippen molar-refractivity contribution in [3.05, 3.63) is 18.1 Å². The number of nitrogens with zero attached hydrogens (tertiary/aromatic N) is 3. The first-order valence-electron chi connectivity index (χ1n) is 5.32. The summed E-state index contributed by atoms with van der Waals surface area (Å²) in [4.78, 5) is 9.49. The van der Waals surface area contributed by atoms with Gasteiger partial charge in [0.25, 0.3) is 0 Å². The number of alkyl halides is 3. The van der Waals surface area contributed by atoms with Crippen LogP contribution in [0.4, 0.5) is 19.0 Å². The van der Waals surface area contributed by atoms with Crippen LogP contribution in [-0.2, 0) is 6.42 Å². The second-order valence-electron chi connectivity index (χ2n) is 4.15.